The van der Waals surface area contributed by atoms with Crippen LogP contribution in [0.5, 0.6) is 0 Å². The van der Waals surface area contributed by atoms with Gasteiger partial charge in [0.15, 0.2) is 11.0 Å². The molecule has 1 aliphatic carbocycles. The Kier molecular flexibility index (Phi) is 6.70. The van der Waals surface area contributed by atoms with Gasteiger partial charge in [-0.3, -0.25) is 9.36 Å². The fraction of sp³-hybridized carbons (Fsp3) is 0.375. The summed E-state index contributed by atoms with van der Waals surface area (Å²) in [5.74, 6) is 0.179. The predicted octanol–water partition coefficient (Wildman–Crippen LogP) is 5.56. The first-order chi connectivity index (χ1) is 15.1. The van der Waals surface area contributed by atoms with Crippen LogP contribution >= 0.6 is 11.8 Å². The first-order valence-corrected chi connectivity index (χ1v) is 11.7. The SMILES string of the molecule is CCC[C@H](NC(=O)[C@@H](C)Sc1nnc(-c2ccccc2F)n1C1CC1)c1ccccc1. The summed E-state index contributed by atoms with van der Waals surface area (Å²) in [5, 5.41) is 12.1. The average Bonchev–Trinajstić information content (AvgIpc) is 3.54. The van der Waals surface area contributed by atoms with Gasteiger partial charge < -0.3 is 5.32 Å². The molecular formula is C24H27FN4OS. The Morgan fingerprint density at radius 1 is 1.16 bits per heavy atom. The van der Waals surface area contributed by atoms with Crippen LogP contribution in [0, 0.1) is 5.82 Å². The van der Waals surface area contributed by atoms with Crippen LogP contribution in [0.1, 0.15) is 57.2 Å². The second-order valence-corrected chi connectivity index (χ2v) is 9.22. The van der Waals surface area contributed by atoms with E-state index in [0.717, 1.165) is 31.2 Å². The second-order valence-electron chi connectivity index (χ2n) is 7.91. The molecular weight excluding hydrogens is 411 g/mol. The van der Waals surface area contributed by atoms with Crippen molar-refractivity contribution in [1.82, 2.24) is 20.1 Å². The molecule has 4 rings (SSSR count). The molecule has 0 saturated heterocycles. The van der Waals surface area contributed by atoms with Gasteiger partial charge in [-0.05, 0) is 43.9 Å². The zero-order chi connectivity index (χ0) is 21.8. The number of carbonyl (C=O) groups is 1. The second kappa shape index (κ2) is 9.64. The van der Waals surface area contributed by atoms with E-state index in [-0.39, 0.29) is 29.1 Å². The topological polar surface area (TPSA) is 59.8 Å². The van der Waals surface area contributed by atoms with Gasteiger partial charge in [0, 0.05) is 6.04 Å². The third-order valence-corrected chi connectivity index (χ3v) is 6.50. The van der Waals surface area contributed by atoms with Gasteiger partial charge >= 0.3 is 0 Å². The van der Waals surface area contributed by atoms with Crippen LogP contribution in [0.25, 0.3) is 11.4 Å². The Morgan fingerprint density at radius 3 is 2.55 bits per heavy atom. The Bertz CT molecular complexity index is 1040. The lowest BCUT2D eigenvalue weighted by molar-refractivity contribution is -0.121. The lowest BCUT2D eigenvalue weighted by Gasteiger charge is -2.21. The number of benzene rings is 2. The third kappa shape index (κ3) is 4.98. The van der Waals surface area contributed by atoms with Crippen molar-refractivity contribution in [3.05, 3.63) is 66.0 Å². The van der Waals surface area contributed by atoms with Crippen LogP contribution in [-0.2, 0) is 4.79 Å². The summed E-state index contributed by atoms with van der Waals surface area (Å²) in [6.45, 7) is 3.99. The van der Waals surface area contributed by atoms with Crippen molar-refractivity contribution >= 4 is 17.7 Å². The zero-order valence-corrected chi connectivity index (χ0v) is 18.6. The van der Waals surface area contributed by atoms with Gasteiger partial charge in [-0.1, -0.05) is 67.6 Å². The van der Waals surface area contributed by atoms with Crippen molar-refractivity contribution in [3.63, 3.8) is 0 Å². The van der Waals surface area contributed by atoms with Crippen LogP contribution in [0.3, 0.4) is 0 Å². The van der Waals surface area contributed by atoms with Gasteiger partial charge in [0.2, 0.25) is 5.91 Å². The maximum Gasteiger partial charge on any atom is 0.233 e. The van der Waals surface area contributed by atoms with Crippen molar-refractivity contribution in [1.29, 1.82) is 0 Å². The summed E-state index contributed by atoms with van der Waals surface area (Å²) in [6, 6.07) is 16.9. The van der Waals surface area contributed by atoms with E-state index in [9.17, 15) is 9.18 Å². The maximum absolute atomic E-state index is 14.4. The molecule has 0 radical (unpaired) electrons. The van der Waals surface area contributed by atoms with E-state index < -0.39 is 0 Å². The van der Waals surface area contributed by atoms with Gasteiger partial charge in [-0.25, -0.2) is 4.39 Å². The molecule has 1 aliphatic rings. The number of carbonyl (C=O) groups excluding carboxylic acids is 1. The average molecular weight is 439 g/mol. The molecule has 0 bridgehead atoms. The van der Waals surface area contributed by atoms with Gasteiger partial charge in [0.25, 0.3) is 0 Å². The van der Waals surface area contributed by atoms with E-state index in [4.69, 9.17) is 0 Å². The van der Waals surface area contributed by atoms with Crippen molar-refractivity contribution in [2.45, 2.75) is 62.0 Å². The highest BCUT2D eigenvalue weighted by Gasteiger charge is 2.32. The molecule has 7 heteroatoms. The molecule has 2 aromatic carbocycles. The largest absolute Gasteiger partial charge is 0.348 e. The van der Waals surface area contributed by atoms with E-state index in [2.05, 4.69) is 22.4 Å². The van der Waals surface area contributed by atoms with Crippen molar-refractivity contribution in [2.24, 2.45) is 0 Å². The van der Waals surface area contributed by atoms with Crippen LogP contribution < -0.4 is 5.32 Å². The highest BCUT2D eigenvalue weighted by molar-refractivity contribution is 8.00. The fourth-order valence-corrected chi connectivity index (χ4v) is 4.57. The van der Waals surface area contributed by atoms with Crippen molar-refractivity contribution < 1.29 is 9.18 Å². The van der Waals surface area contributed by atoms with Crippen LogP contribution in [0.15, 0.2) is 59.8 Å². The van der Waals surface area contributed by atoms with Gasteiger partial charge in [0.05, 0.1) is 16.9 Å². The minimum absolute atomic E-state index is 0.0166. The molecule has 0 spiro atoms. The number of amides is 1. The van der Waals surface area contributed by atoms with Crippen LogP contribution in [0.2, 0.25) is 0 Å². The van der Waals surface area contributed by atoms with Gasteiger partial charge in [-0.15, -0.1) is 10.2 Å². The number of aromatic nitrogens is 3. The Hall–Kier alpha value is -2.67. The number of nitrogens with one attached hydrogen (secondary N) is 1. The maximum atomic E-state index is 14.4. The van der Waals surface area contributed by atoms with Crippen LogP contribution in [0.4, 0.5) is 4.39 Å². The highest BCUT2D eigenvalue weighted by atomic mass is 32.2. The first-order valence-electron chi connectivity index (χ1n) is 10.8. The standard InChI is InChI=1S/C24H27FN4OS/c1-3-9-21(17-10-5-4-6-11-17)26-23(30)16(2)31-24-28-27-22(29(24)18-14-15-18)19-12-7-8-13-20(19)25/h4-8,10-13,16,18,21H,3,9,14-15H2,1-2H3,(H,26,30)/t16-,21+/m1/s1. The summed E-state index contributed by atoms with van der Waals surface area (Å²) >= 11 is 1.38. The number of nitrogens with zero attached hydrogens (tertiary/aromatic N) is 3. The molecule has 3 aromatic rings. The van der Waals surface area contributed by atoms with Gasteiger partial charge in [0.1, 0.15) is 5.82 Å². The van der Waals surface area contributed by atoms with Crippen LogP contribution in [-0.4, -0.2) is 25.9 Å². The summed E-state index contributed by atoms with van der Waals surface area (Å²) < 4.78 is 16.4. The molecule has 1 amide bonds. The van der Waals surface area contributed by atoms with Crippen molar-refractivity contribution in [3.8, 4) is 11.4 Å². The Morgan fingerprint density at radius 2 is 1.87 bits per heavy atom. The molecule has 5 nitrogen and oxygen atoms in total. The monoisotopic (exact) mass is 438 g/mol. The predicted molar refractivity (Wildman–Crippen MR) is 121 cm³/mol. The minimum Gasteiger partial charge on any atom is -0.348 e. The zero-order valence-electron chi connectivity index (χ0n) is 17.8. The minimum atomic E-state index is -0.349. The van der Waals surface area contributed by atoms with Crippen molar-refractivity contribution in [2.75, 3.05) is 0 Å². The highest BCUT2D eigenvalue weighted by Crippen LogP contribution is 2.42. The van der Waals surface area contributed by atoms with E-state index >= 15 is 0 Å². The smallest absolute Gasteiger partial charge is 0.233 e. The Labute approximate surface area is 186 Å². The third-order valence-electron chi connectivity index (χ3n) is 5.44. The number of halogens is 1. The lowest BCUT2D eigenvalue weighted by Crippen LogP contribution is -2.34. The Balaban J connectivity index is 1.51. The summed E-state index contributed by atoms with van der Waals surface area (Å²) in [4.78, 5) is 13.0. The van der Waals surface area contributed by atoms with E-state index in [1.54, 1.807) is 18.2 Å². The number of hydrogen-bond acceptors (Lipinski definition) is 4. The number of rotatable bonds is 9. The molecule has 162 valence electrons. The summed E-state index contributed by atoms with van der Waals surface area (Å²) in [6.07, 6.45) is 3.88. The molecule has 1 N–H and O–H groups in total. The summed E-state index contributed by atoms with van der Waals surface area (Å²) in [7, 11) is 0. The van der Waals surface area contributed by atoms with Gasteiger partial charge in [-0.2, -0.15) is 0 Å². The summed E-state index contributed by atoms with van der Waals surface area (Å²) in [5.41, 5.74) is 1.55. The molecule has 0 unspecified atom stereocenters. The van der Waals surface area contributed by atoms with E-state index in [0.29, 0.717) is 16.5 Å². The molecule has 31 heavy (non-hydrogen) atoms. The quantitative estimate of drug-likeness (QED) is 0.445. The normalized spacial score (nSPS) is 15.5. The fourth-order valence-electron chi connectivity index (χ4n) is 3.64. The first kappa shape index (κ1) is 21.6. The molecule has 1 aromatic heterocycles. The molecule has 1 fully saturated rings. The molecule has 1 heterocycles. The molecule has 2 atom stereocenters. The van der Waals surface area contributed by atoms with E-state index in [1.165, 1.54) is 17.8 Å². The number of thioether (sulfide) groups is 1. The number of hydrogen-bond donors (Lipinski definition) is 1. The molecule has 0 aliphatic heterocycles. The molecule has 1 saturated carbocycles. The lowest BCUT2D eigenvalue weighted by atomic mass is 10.0. The van der Waals surface area contributed by atoms with E-state index in [1.807, 2.05) is 41.8 Å².